The summed E-state index contributed by atoms with van der Waals surface area (Å²) in [5.74, 6) is 0.461. The van der Waals surface area contributed by atoms with Gasteiger partial charge >= 0.3 is 0 Å². The van der Waals surface area contributed by atoms with Gasteiger partial charge in [-0.15, -0.1) is 0 Å². The zero-order valence-electron chi connectivity index (χ0n) is 16.4. The van der Waals surface area contributed by atoms with Crippen molar-refractivity contribution >= 4 is 11.0 Å². The standard InChI is InChI=1S/C22H22O8/c1-11-18(24)20(26)21(27-2)22(29-11)30-14-7-8-15-17(9-14)28-10-16(19(15)25)12-3-5-13(23)6-4-12/h3-11,18,20-24,26H,1-2H3/t11-,18-,20+,21+,22?/m0/s1. The number of benzene rings is 2. The third-order valence-electron chi connectivity index (χ3n) is 5.23. The Morgan fingerprint density at radius 2 is 1.77 bits per heavy atom. The molecule has 1 aliphatic heterocycles. The van der Waals surface area contributed by atoms with Crippen molar-refractivity contribution in [1.82, 2.24) is 0 Å². The molecule has 1 aliphatic rings. The number of hydrogen-bond donors (Lipinski definition) is 3. The number of phenolic OH excluding ortho intramolecular Hbond substituents is 1. The van der Waals surface area contributed by atoms with Crippen LogP contribution in [0.1, 0.15) is 6.92 Å². The molecule has 8 heteroatoms. The zero-order chi connectivity index (χ0) is 21.4. The van der Waals surface area contributed by atoms with Crippen LogP contribution in [0.25, 0.3) is 22.1 Å². The van der Waals surface area contributed by atoms with E-state index in [1.165, 1.54) is 25.5 Å². The highest BCUT2D eigenvalue weighted by Gasteiger charge is 2.44. The Bertz CT molecular complexity index is 1090. The number of aliphatic hydroxyl groups is 2. The van der Waals surface area contributed by atoms with Crippen LogP contribution >= 0.6 is 0 Å². The molecule has 0 saturated carbocycles. The Labute approximate surface area is 171 Å². The largest absolute Gasteiger partial charge is 0.508 e. The summed E-state index contributed by atoms with van der Waals surface area (Å²) in [7, 11) is 1.39. The highest BCUT2D eigenvalue weighted by atomic mass is 16.7. The molecule has 0 spiro atoms. The lowest BCUT2D eigenvalue weighted by atomic mass is 10.00. The molecule has 1 fully saturated rings. The summed E-state index contributed by atoms with van der Waals surface area (Å²) in [5.41, 5.74) is 1.10. The molecule has 5 atom stereocenters. The van der Waals surface area contributed by atoms with E-state index in [4.69, 9.17) is 18.6 Å². The Kier molecular flexibility index (Phi) is 5.48. The molecule has 2 aromatic carbocycles. The first-order valence-electron chi connectivity index (χ1n) is 9.45. The molecule has 3 aromatic rings. The van der Waals surface area contributed by atoms with E-state index in [9.17, 15) is 20.1 Å². The van der Waals surface area contributed by atoms with Crippen LogP contribution in [0.3, 0.4) is 0 Å². The number of rotatable bonds is 4. The van der Waals surface area contributed by atoms with Gasteiger partial charge in [-0.05, 0) is 36.8 Å². The second kappa shape index (κ2) is 8.08. The van der Waals surface area contributed by atoms with Crippen LogP contribution in [0.4, 0.5) is 0 Å². The van der Waals surface area contributed by atoms with Gasteiger partial charge in [0.2, 0.25) is 6.29 Å². The van der Waals surface area contributed by atoms with Gasteiger partial charge in [0.15, 0.2) is 5.43 Å². The summed E-state index contributed by atoms with van der Waals surface area (Å²) in [6, 6.07) is 11.0. The van der Waals surface area contributed by atoms with Crippen molar-refractivity contribution in [1.29, 1.82) is 0 Å². The van der Waals surface area contributed by atoms with E-state index < -0.39 is 30.7 Å². The molecule has 8 nitrogen and oxygen atoms in total. The molecule has 158 valence electrons. The van der Waals surface area contributed by atoms with Crippen LogP contribution in [-0.4, -0.2) is 53.1 Å². The summed E-state index contributed by atoms with van der Waals surface area (Å²) >= 11 is 0. The molecule has 0 bridgehead atoms. The molecule has 1 unspecified atom stereocenters. The maximum Gasteiger partial charge on any atom is 0.229 e. The van der Waals surface area contributed by atoms with E-state index in [-0.39, 0.29) is 11.2 Å². The molecule has 4 rings (SSSR count). The van der Waals surface area contributed by atoms with Crippen LogP contribution in [0.2, 0.25) is 0 Å². The number of ether oxygens (including phenoxy) is 3. The SMILES string of the molecule is CO[C@H]1C(Oc2ccc3c(=O)c(-c4ccc(O)cc4)coc3c2)O[C@@H](C)[C@H](O)[C@H]1O. The maximum absolute atomic E-state index is 12.9. The third kappa shape index (κ3) is 3.66. The predicted octanol–water partition coefficient (Wildman–Crippen LogP) is 2.03. The van der Waals surface area contributed by atoms with E-state index in [0.29, 0.717) is 27.8 Å². The number of aromatic hydroxyl groups is 1. The minimum absolute atomic E-state index is 0.108. The van der Waals surface area contributed by atoms with Crippen LogP contribution in [0, 0.1) is 0 Å². The van der Waals surface area contributed by atoms with Crippen LogP contribution in [-0.2, 0) is 9.47 Å². The minimum Gasteiger partial charge on any atom is -0.508 e. The average molecular weight is 414 g/mol. The van der Waals surface area contributed by atoms with Crippen molar-refractivity contribution < 1.29 is 33.9 Å². The Morgan fingerprint density at radius 1 is 1.03 bits per heavy atom. The average Bonchev–Trinajstić information content (AvgIpc) is 2.73. The smallest absolute Gasteiger partial charge is 0.229 e. The molecular formula is C22H22O8. The van der Waals surface area contributed by atoms with Gasteiger partial charge in [-0.3, -0.25) is 4.79 Å². The van der Waals surface area contributed by atoms with Crippen molar-refractivity contribution in [2.45, 2.75) is 37.6 Å². The fourth-order valence-corrected chi connectivity index (χ4v) is 3.50. The van der Waals surface area contributed by atoms with Crippen molar-refractivity contribution in [3.63, 3.8) is 0 Å². The van der Waals surface area contributed by atoms with Crippen LogP contribution in [0.5, 0.6) is 11.5 Å². The van der Waals surface area contributed by atoms with Crippen LogP contribution in [0.15, 0.2) is 57.9 Å². The van der Waals surface area contributed by atoms with E-state index in [0.717, 1.165) is 0 Å². The van der Waals surface area contributed by atoms with Gasteiger partial charge in [-0.2, -0.15) is 0 Å². The van der Waals surface area contributed by atoms with E-state index in [1.807, 2.05) is 0 Å². The third-order valence-corrected chi connectivity index (χ3v) is 5.23. The number of methoxy groups -OCH3 is 1. The van der Waals surface area contributed by atoms with Gasteiger partial charge in [0.1, 0.15) is 41.7 Å². The minimum atomic E-state index is -1.17. The molecule has 30 heavy (non-hydrogen) atoms. The predicted molar refractivity (Wildman–Crippen MR) is 107 cm³/mol. The number of hydrogen-bond acceptors (Lipinski definition) is 8. The van der Waals surface area contributed by atoms with Crippen molar-refractivity contribution in [3.05, 3.63) is 59.0 Å². The molecule has 0 amide bonds. The van der Waals surface area contributed by atoms with Crippen molar-refractivity contribution in [2.75, 3.05) is 7.11 Å². The van der Waals surface area contributed by atoms with Gasteiger partial charge in [-0.1, -0.05) is 12.1 Å². The quantitative estimate of drug-likeness (QED) is 0.593. The van der Waals surface area contributed by atoms with Gasteiger partial charge in [-0.25, -0.2) is 0 Å². The lowest BCUT2D eigenvalue weighted by Crippen LogP contribution is -2.59. The van der Waals surface area contributed by atoms with Crippen LogP contribution < -0.4 is 10.2 Å². The first-order chi connectivity index (χ1) is 14.4. The molecule has 2 heterocycles. The van der Waals surface area contributed by atoms with Gasteiger partial charge < -0.3 is 33.9 Å². The highest BCUT2D eigenvalue weighted by Crippen LogP contribution is 2.28. The first-order valence-corrected chi connectivity index (χ1v) is 9.45. The molecule has 0 radical (unpaired) electrons. The Balaban J connectivity index is 1.63. The molecule has 3 N–H and O–H groups in total. The number of aliphatic hydroxyl groups excluding tert-OH is 2. The summed E-state index contributed by atoms with van der Waals surface area (Å²) in [4.78, 5) is 12.9. The lowest BCUT2D eigenvalue weighted by molar-refractivity contribution is -0.274. The summed E-state index contributed by atoms with van der Waals surface area (Å²) < 4.78 is 22.3. The zero-order valence-corrected chi connectivity index (χ0v) is 16.4. The Hall–Kier alpha value is -2.91. The summed E-state index contributed by atoms with van der Waals surface area (Å²) in [5, 5.41) is 30.0. The summed E-state index contributed by atoms with van der Waals surface area (Å²) in [6.07, 6.45) is -3.40. The highest BCUT2D eigenvalue weighted by molar-refractivity contribution is 5.82. The molecule has 1 saturated heterocycles. The summed E-state index contributed by atoms with van der Waals surface area (Å²) in [6.45, 7) is 1.63. The molecule has 1 aromatic heterocycles. The second-order valence-electron chi connectivity index (χ2n) is 7.19. The topological polar surface area (TPSA) is 119 Å². The fourth-order valence-electron chi connectivity index (χ4n) is 3.50. The first kappa shape index (κ1) is 20.4. The number of phenols is 1. The monoisotopic (exact) mass is 414 g/mol. The van der Waals surface area contributed by atoms with E-state index in [1.54, 1.807) is 37.3 Å². The Morgan fingerprint density at radius 3 is 2.47 bits per heavy atom. The normalized spacial score (nSPS) is 26.6. The van der Waals surface area contributed by atoms with Gasteiger partial charge in [0.05, 0.1) is 17.1 Å². The van der Waals surface area contributed by atoms with Gasteiger partial charge in [0.25, 0.3) is 0 Å². The van der Waals surface area contributed by atoms with Crippen molar-refractivity contribution in [2.24, 2.45) is 0 Å². The second-order valence-corrected chi connectivity index (χ2v) is 7.19. The van der Waals surface area contributed by atoms with Gasteiger partial charge in [0, 0.05) is 13.2 Å². The molecular weight excluding hydrogens is 392 g/mol. The lowest BCUT2D eigenvalue weighted by Gasteiger charge is -2.40. The van der Waals surface area contributed by atoms with Crippen molar-refractivity contribution in [3.8, 4) is 22.6 Å². The van der Waals surface area contributed by atoms with E-state index >= 15 is 0 Å². The fraction of sp³-hybridized carbons (Fsp3) is 0.318. The number of fused-ring (bicyclic) bond motifs is 1. The maximum atomic E-state index is 12.9. The molecule has 0 aliphatic carbocycles. The van der Waals surface area contributed by atoms with E-state index in [2.05, 4.69) is 0 Å².